The molecule has 0 amide bonds. The van der Waals surface area contributed by atoms with Crippen molar-refractivity contribution in [1.29, 1.82) is 0 Å². The lowest BCUT2D eigenvalue weighted by Gasteiger charge is -2.03. The zero-order chi connectivity index (χ0) is 9.26. The molecule has 0 aromatic carbocycles. The molecule has 0 spiro atoms. The lowest BCUT2D eigenvalue weighted by Crippen LogP contribution is -1.96. The standard InChI is InChI=1S/C7H5BrN2OS2/c8-6-5(13-3-10-6)4(11)7-9-1-2-12-7/h1-4,11H. The second-order valence-electron chi connectivity index (χ2n) is 2.28. The molecule has 0 radical (unpaired) electrons. The average Bonchev–Trinajstić information content (AvgIpc) is 2.72. The van der Waals surface area contributed by atoms with E-state index in [1.807, 2.05) is 5.38 Å². The number of halogens is 1. The number of aromatic nitrogens is 2. The summed E-state index contributed by atoms with van der Waals surface area (Å²) in [4.78, 5) is 8.84. The van der Waals surface area contributed by atoms with E-state index in [1.54, 1.807) is 11.7 Å². The van der Waals surface area contributed by atoms with Crippen molar-refractivity contribution < 1.29 is 5.11 Å². The van der Waals surface area contributed by atoms with E-state index in [0.717, 1.165) is 4.88 Å². The van der Waals surface area contributed by atoms with Crippen LogP contribution in [-0.2, 0) is 0 Å². The molecule has 1 N–H and O–H groups in total. The van der Waals surface area contributed by atoms with Crippen LogP contribution in [0, 0.1) is 0 Å². The highest BCUT2D eigenvalue weighted by molar-refractivity contribution is 9.10. The van der Waals surface area contributed by atoms with Crippen molar-refractivity contribution >= 4 is 38.6 Å². The molecule has 13 heavy (non-hydrogen) atoms. The Kier molecular flexibility index (Phi) is 2.73. The van der Waals surface area contributed by atoms with Gasteiger partial charge in [-0.3, -0.25) is 0 Å². The zero-order valence-electron chi connectivity index (χ0n) is 6.35. The van der Waals surface area contributed by atoms with E-state index < -0.39 is 6.10 Å². The summed E-state index contributed by atoms with van der Waals surface area (Å²) in [5.41, 5.74) is 1.69. The number of hydrogen-bond acceptors (Lipinski definition) is 5. The minimum Gasteiger partial charge on any atom is -0.380 e. The van der Waals surface area contributed by atoms with Gasteiger partial charge in [0.05, 0.1) is 10.4 Å². The first-order chi connectivity index (χ1) is 6.29. The fraction of sp³-hybridized carbons (Fsp3) is 0.143. The maximum absolute atomic E-state index is 9.84. The second kappa shape index (κ2) is 3.83. The van der Waals surface area contributed by atoms with Gasteiger partial charge in [0.15, 0.2) is 0 Å². The zero-order valence-corrected chi connectivity index (χ0v) is 9.56. The predicted octanol–water partition coefficient (Wildman–Crippen LogP) is 2.44. The van der Waals surface area contributed by atoms with Gasteiger partial charge in [-0.15, -0.1) is 22.7 Å². The van der Waals surface area contributed by atoms with Crippen LogP contribution in [0.3, 0.4) is 0 Å². The van der Waals surface area contributed by atoms with Gasteiger partial charge in [-0.25, -0.2) is 9.97 Å². The topological polar surface area (TPSA) is 46.0 Å². The van der Waals surface area contributed by atoms with Crippen LogP contribution in [0.5, 0.6) is 0 Å². The molecular weight excluding hydrogens is 272 g/mol. The molecule has 1 atom stereocenters. The van der Waals surface area contributed by atoms with E-state index in [1.165, 1.54) is 22.7 Å². The Hall–Kier alpha value is -0.300. The highest BCUT2D eigenvalue weighted by Crippen LogP contribution is 2.31. The van der Waals surface area contributed by atoms with Crippen LogP contribution in [0.15, 0.2) is 21.7 Å². The van der Waals surface area contributed by atoms with E-state index >= 15 is 0 Å². The molecule has 0 saturated carbocycles. The molecule has 0 aliphatic carbocycles. The van der Waals surface area contributed by atoms with Gasteiger partial charge in [-0.05, 0) is 15.9 Å². The minimum absolute atomic E-state index is 0.651. The van der Waals surface area contributed by atoms with Crippen LogP contribution >= 0.6 is 38.6 Å². The number of hydrogen-bond donors (Lipinski definition) is 1. The Morgan fingerprint density at radius 2 is 2.23 bits per heavy atom. The molecule has 2 heterocycles. The van der Waals surface area contributed by atoms with Crippen molar-refractivity contribution in [3.63, 3.8) is 0 Å². The molecule has 0 aliphatic rings. The summed E-state index contributed by atoms with van der Waals surface area (Å²) in [6.07, 6.45) is 1.03. The van der Waals surface area contributed by atoms with Gasteiger partial charge in [0, 0.05) is 11.6 Å². The van der Waals surface area contributed by atoms with Crippen LogP contribution in [-0.4, -0.2) is 15.1 Å². The van der Waals surface area contributed by atoms with Crippen molar-refractivity contribution in [2.75, 3.05) is 0 Å². The maximum atomic E-state index is 9.84. The quantitative estimate of drug-likeness (QED) is 0.917. The number of nitrogens with zero attached hydrogens (tertiary/aromatic N) is 2. The van der Waals surface area contributed by atoms with Crippen molar-refractivity contribution in [2.45, 2.75) is 6.10 Å². The van der Waals surface area contributed by atoms with Gasteiger partial charge in [-0.2, -0.15) is 0 Å². The van der Waals surface area contributed by atoms with E-state index in [9.17, 15) is 5.11 Å². The van der Waals surface area contributed by atoms with Gasteiger partial charge in [0.25, 0.3) is 0 Å². The number of aliphatic hydroxyl groups is 1. The molecule has 1 unspecified atom stereocenters. The average molecular weight is 277 g/mol. The van der Waals surface area contributed by atoms with Crippen LogP contribution in [0.25, 0.3) is 0 Å². The van der Waals surface area contributed by atoms with Gasteiger partial charge in [-0.1, -0.05) is 0 Å². The Morgan fingerprint density at radius 1 is 1.38 bits per heavy atom. The van der Waals surface area contributed by atoms with E-state index in [2.05, 4.69) is 25.9 Å². The van der Waals surface area contributed by atoms with Gasteiger partial charge in [0.2, 0.25) is 0 Å². The molecule has 3 nitrogen and oxygen atoms in total. The SMILES string of the molecule is OC(c1nccs1)c1scnc1Br. The summed E-state index contributed by atoms with van der Waals surface area (Å²) in [6, 6.07) is 0. The highest BCUT2D eigenvalue weighted by atomic mass is 79.9. The van der Waals surface area contributed by atoms with Crippen molar-refractivity contribution in [3.8, 4) is 0 Å². The van der Waals surface area contributed by atoms with Crippen LogP contribution in [0.1, 0.15) is 16.0 Å². The molecule has 0 bridgehead atoms. The third kappa shape index (κ3) is 1.80. The van der Waals surface area contributed by atoms with Crippen molar-refractivity contribution in [2.24, 2.45) is 0 Å². The Labute approximate surface area is 91.2 Å². The monoisotopic (exact) mass is 276 g/mol. The van der Waals surface area contributed by atoms with Crippen molar-refractivity contribution in [1.82, 2.24) is 9.97 Å². The molecule has 68 valence electrons. The minimum atomic E-state index is -0.651. The molecule has 2 rings (SSSR count). The van der Waals surface area contributed by atoms with Gasteiger partial charge < -0.3 is 5.11 Å². The number of thiazole rings is 2. The fourth-order valence-corrected chi connectivity index (χ4v) is 3.00. The van der Waals surface area contributed by atoms with Gasteiger partial charge >= 0.3 is 0 Å². The smallest absolute Gasteiger partial charge is 0.142 e. The fourth-order valence-electron chi connectivity index (χ4n) is 0.901. The van der Waals surface area contributed by atoms with E-state index in [0.29, 0.717) is 9.61 Å². The first-order valence-corrected chi connectivity index (χ1v) is 6.00. The first kappa shape index (κ1) is 9.26. The Bertz CT molecular complexity index is 387. The van der Waals surface area contributed by atoms with Crippen molar-refractivity contribution in [3.05, 3.63) is 31.6 Å². The Morgan fingerprint density at radius 3 is 2.77 bits per heavy atom. The summed E-state index contributed by atoms with van der Waals surface area (Å²) in [7, 11) is 0. The van der Waals surface area contributed by atoms with Crippen LogP contribution < -0.4 is 0 Å². The predicted molar refractivity (Wildman–Crippen MR) is 56.0 cm³/mol. The van der Waals surface area contributed by atoms with E-state index in [4.69, 9.17) is 0 Å². The molecule has 0 saturated heterocycles. The third-order valence-corrected chi connectivity index (χ3v) is 4.09. The molecular formula is C7H5BrN2OS2. The summed E-state index contributed by atoms with van der Waals surface area (Å²) < 4.78 is 0.695. The molecule has 0 fully saturated rings. The first-order valence-electron chi connectivity index (χ1n) is 3.45. The summed E-state index contributed by atoms with van der Waals surface area (Å²) >= 11 is 6.12. The maximum Gasteiger partial charge on any atom is 0.142 e. The lowest BCUT2D eigenvalue weighted by atomic mass is 10.3. The lowest BCUT2D eigenvalue weighted by molar-refractivity contribution is 0.222. The summed E-state index contributed by atoms with van der Waals surface area (Å²) in [5.74, 6) is 0. The molecule has 0 aliphatic heterocycles. The molecule has 2 aromatic rings. The highest BCUT2D eigenvalue weighted by Gasteiger charge is 2.17. The second-order valence-corrected chi connectivity index (χ2v) is 4.84. The molecule has 2 aromatic heterocycles. The summed E-state index contributed by atoms with van der Waals surface area (Å²) in [6.45, 7) is 0. The van der Waals surface area contributed by atoms with Gasteiger partial charge in [0.1, 0.15) is 15.7 Å². The van der Waals surface area contributed by atoms with E-state index in [-0.39, 0.29) is 0 Å². The summed E-state index contributed by atoms with van der Waals surface area (Å²) in [5, 5.41) is 12.4. The normalized spacial score (nSPS) is 13.1. The number of aliphatic hydroxyl groups excluding tert-OH is 1. The number of rotatable bonds is 2. The molecule has 6 heteroatoms. The van der Waals surface area contributed by atoms with Crippen LogP contribution in [0.2, 0.25) is 0 Å². The largest absolute Gasteiger partial charge is 0.380 e. The Balaban J connectivity index is 2.33. The third-order valence-electron chi connectivity index (χ3n) is 1.48. The van der Waals surface area contributed by atoms with Crippen LogP contribution in [0.4, 0.5) is 0 Å².